The smallest absolute Gasteiger partial charge is 0.242 e. The maximum atomic E-state index is 13.0. The predicted octanol–water partition coefficient (Wildman–Crippen LogP) is 2.43. The number of hydrogen-bond acceptors (Lipinski definition) is 3. The molecule has 0 atom stereocenters. The van der Waals surface area contributed by atoms with Crippen LogP contribution in [0.3, 0.4) is 0 Å². The van der Waals surface area contributed by atoms with Crippen molar-refractivity contribution < 1.29 is 14.3 Å². The highest BCUT2D eigenvalue weighted by Gasteiger charge is 2.35. The number of aryl methyl sites for hydroxylation is 1. The number of methoxy groups -OCH3 is 1. The second-order valence-electron chi connectivity index (χ2n) is 8.19. The van der Waals surface area contributed by atoms with Gasteiger partial charge >= 0.3 is 0 Å². The molecule has 2 rings (SSSR count). The molecule has 0 unspecified atom stereocenters. The number of ether oxygens (including phenoxy) is 1. The summed E-state index contributed by atoms with van der Waals surface area (Å²) in [5.41, 5.74) is 0.605. The van der Waals surface area contributed by atoms with Gasteiger partial charge in [0.2, 0.25) is 11.8 Å². The third-order valence-corrected chi connectivity index (χ3v) is 4.72. The number of hydrogen-bond donors (Lipinski definition) is 0. The van der Waals surface area contributed by atoms with E-state index in [1.165, 1.54) is 0 Å². The van der Waals surface area contributed by atoms with Crippen LogP contribution in [-0.2, 0) is 27.9 Å². The van der Waals surface area contributed by atoms with Gasteiger partial charge < -0.3 is 19.1 Å². The molecule has 1 aliphatic carbocycles. The first-order valence-corrected chi connectivity index (χ1v) is 9.42. The van der Waals surface area contributed by atoms with Gasteiger partial charge in [-0.15, -0.1) is 0 Å². The fraction of sp³-hybridized carbons (Fsp3) is 0.700. The number of nitrogens with zero attached hydrogens (tertiary/aromatic N) is 3. The molecule has 1 aromatic heterocycles. The van der Waals surface area contributed by atoms with E-state index in [9.17, 15) is 9.59 Å². The van der Waals surface area contributed by atoms with Gasteiger partial charge in [-0.05, 0) is 31.4 Å². The van der Waals surface area contributed by atoms with Crippen LogP contribution in [0.1, 0.15) is 45.7 Å². The van der Waals surface area contributed by atoms with Gasteiger partial charge in [-0.2, -0.15) is 0 Å². The summed E-state index contributed by atoms with van der Waals surface area (Å²) in [5.74, 6) is 0.0419. The minimum Gasteiger partial charge on any atom is -0.385 e. The van der Waals surface area contributed by atoms with E-state index in [2.05, 4.69) is 0 Å². The van der Waals surface area contributed by atoms with Gasteiger partial charge in [0, 0.05) is 50.7 Å². The van der Waals surface area contributed by atoms with E-state index in [1.54, 1.807) is 12.0 Å². The average molecular weight is 364 g/mol. The van der Waals surface area contributed by atoms with Crippen LogP contribution < -0.4 is 0 Å². The van der Waals surface area contributed by atoms with Crippen LogP contribution in [0.25, 0.3) is 0 Å². The molecule has 1 fully saturated rings. The van der Waals surface area contributed by atoms with Crippen LogP contribution in [0, 0.1) is 5.41 Å². The number of amides is 2. The van der Waals surface area contributed by atoms with Crippen molar-refractivity contribution in [3.8, 4) is 0 Å². The lowest BCUT2D eigenvalue weighted by Crippen LogP contribution is -2.47. The standard InChI is InChI=1S/C20H33N3O3/c1-20(2,3)19(25)22(12-7-13-26-5)15-18(24)23(16-9-10-16)14-17-8-6-11-21(17)4/h6,8,11,16H,7,9-10,12-15H2,1-5H3. The third kappa shape index (κ3) is 5.59. The summed E-state index contributed by atoms with van der Waals surface area (Å²) in [5, 5.41) is 0. The van der Waals surface area contributed by atoms with Gasteiger partial charge in [0.1, 0.15) is 0 Å². The van der Waals surface area contributed by atoms with E-state index < -0.39 is 5.41 Å². The molecule has 0 N–H and O–H groups in total. The zero-order valence-electron chi connectivity index (χ0n) is 16.8. The van der Waals surface area contributed by atoms with E-state index in [-0.39, 0.29) is 18.4 Å². The topological polar surface area (TPSA) is 54.8 Å². The summed E-state index contributed by atoms with van der Waals surface area (Å²) in [6.45, 7) is 7.54. The first kappa shape index (κ1) is 20.5. The molecule has 6 heteroatoms. The monoisotopic (exact) mass is 363 g/mol. The Morgan fingerprint density at radius 1 is 1.31 bits per heavy atom. The number of aromatic nitrogens is 1. The molecule has 6 nitrogen and oxygen atoms in total. The van der Waals surface area contributed by atoms with Gasteiger partial charge in [-0.3, -0.25) is 9.59 Å². The quantitative estimate of drug-likeness (QED) is 0.633. The van der Waals surface area contributed by atoms with Gasteiger partial charge in [-0.25, -0.2) is 0 Å². The Labute approximate surface area is 157 Å². The minimum atomic E-state index is -0.504. The van der Waals surface area contributed by atoms with Crippen LogP contribution in [0.15, 0.2) is 18.3 Å². The molecule has 1 saturated carbocycles. The molecule has 0 saturated heterocycles. The Bertz CT molecular complexity index is 614. The molecule has 1 heterocycles. The Balaban J connectivity index is 2.07. The van der Waals surface area contributed by atoms with Crippen molar-refractivity contribution >= 4 is 11.8 Å². The summed E-state index contributed by atoms with van der Waals surface area (Å²) in [7, 11) is 3.64. The lowest BCUT2D eigenvalue weighted by molar-refractivity contribution is -0.146. The van der Waals surface area contributed by atoms with Crippen molar-refractivity contribution in [1.29, 1.82) is 0 Å². The summed E-state index contributed by atoms with van der Waals surface area (Å²) >= 11 is 0. The van der Waals surface area contributed by atoms with E-state index >= 15 is 0 Å². The Morgan fingerprint density at radius 2 is 2.00 bits per heavy atom. The summed E-state index contributed by atoms with van der Waals surface area (Å²) < 4.78 is 7.15. The summed E-state index contributed by atoms with van der Waals surface area (Å²) in [6.07, 6.45) is 4.82. The van der Waals surface area contributed by atoms with Crippen molar-refractivity contribution in [2.24, 2.45) is 12.5 Å². The Hall–Kier alpha value is -1.82. The molecule has 0 radical (unpaired) electrons. The molecule has 0 aromatic carbocycles. The lowest BCUT2D eigenvalue weighted by Gasteiger charge is -2.31. The predicted molar refractivity (Wildman–Crippen MR) is 102 cm³/mol. The average Bonchev–Trinajstić information content (AvgIpc) is 3.33. The highest BCUT2D eigenvalue weighted by Crippen LogP contribution is 2.29. The molecular formula is C20H33N3O3. The molecule has 0 aliphatic heterocycles. The molecular weight excluding hydrogens is 330 g/mol. The van der Waals surface area contributed by atoms with E-state index in [0.29, 0.717) is 25.7 Å². The molecule has 0 spiro atoms. The van der Waals surface area contributed by atoms with Gasteiger partial charge in [0.15, 0.2) is 0 Å². The first-order chi connectivity index (χ1) is 12.2. The molecule has 26 heavy (non-hydrogen) atoms. The highest BCUT2D eigenvalue weighted by molar-refractivity contribution is 5.87. The number of rotatable bonds is 9. The fourth-order valence-electron chi connectivity index (χ4n) is 3.02. The van der Waals surface area contributed by atoms with E-state index in [0.717, 1.165) is 25.0 Å². The maximum Gasteiger partial charge on any atom is 0.242 e. The Morgan fingerprint density at radius 3 is 2.50 bits per heavy atom. The molecule has 2 amide bonds. The second-order valence-corrected chi connectivity index (χ2v) is 8.19. The van der Waals surface area contributed by atoms with Crippen molar-refractivity contribution in [2.75, 3.05) is 26.8 Å². The van der Waals surface area contributed by atoms with Crippen LogP contribution in [0.4, 0.5) is 0 Å². The third-order valence-electron chi connectivity index (χ3n) is 4.72. The van der Waals surface area contributed by atoms with Crippen molar-refractivity contribution in [3.05, 3.63) is 24.0 Å². The fourth-order valence-corrected chi connectivity index (χ4v) is 3.02. The highest BCUT2D eigenvalue weighted by atomic mass is 16.5. The number of carbonyl (C=O) groups is 2. The van der Waals surface area contributed by atoms with Gasteiger partial charge in [-0.1, -0.05) is 20.8 Å². The van der Waals surface area contributed by atoms with Crippen molar-refractivity contribution in [1.82, 2.24) is 14.4 Å². The van der Waals surface area contributed by atoms with Gasteiger partial charge in [0.05, 0.1) is 13.1 Å². The van der Waals surface area contributed by atoms with Crippen LogP contribution >= 0.6 is 0 Å². The van der Waals surface area contributed by atoms with E-state index in [1.807, 2.05) is 55.6 Å². The largest absolute Gasteiger partial charge is 0.385 e. The zero-order chi connectivity index (χ0) is 19.3. The van der Waals surface area contributed by atoms with Crippen LogP contribution in [-0.4, -0.2) is 59.0 Å². The van der Waals surface area contributed by atoms with E-state index in [4.69, 9.17) is 4.74 Å². The second kappa shape index (κ2) is 8.71. The molecule has 146 valence electrons. The molecule has 0 bridgehead atoms. The molecule has 1 aliphatic rings. The zero-order valence-corrected chi connectivity index (χ0v) is 16.8. The maximum absolute atomic E-state index is 13.0. The summed E-state index contributed by atoms with van der Waals surface area (Å²) in [4.78, 5) is 29.4. The number of carbonyl (C=O) groups excluding carboxylic acids is 2. The van der Waals surface area contributed by atoms with Crippen LogP contribution in [0.5, 0.6) is 0 Å². The van der Waals surface area contributed by atoms with Crippen molar-refractivity contribution in [2.45, 2.75) is 52.6 Å². The molecule has 1 aromatic rings. The minimum absolute atomic E-state index is 0.0107. The first-order valence-electron chi connectivity index (χ1n) is 9.42. The van der Waals surface area contributed by atoms with Crippen molar-refractivity contribution in [3.63, 3.8) is 0 Å². The Kier molecular flexibility index (Phi) is 6.87. The van der Waals surface area contributed by atoms with Crippen LogP contribution in [0.2, 0.25) is 0 Å². The van der Waals surface area contributed by atoms with Gasteiger partial charge in [0.25, 0.3) is 0 Å². The SMILES string of the molecule is COCCCN(CC(=O)N(Cc1cccn1C)C1CC1)C(=O)C(C)(C)C. The lowest BCUT2D eigenvalue weighted by atomic mass is 9.94. The summed E-state index contributed by atoms with van der Waals surface area (Å²) in [6, 6.07) is 4.34. The normalized spacial score (nSPS) is 14.3.